The number of methoxy groups -OCH3 is 2. The Morgan fingerprint density at radius 1 is 1.06 bits per heavy atom. The summed E-state index contributed by atoms with van der Waals surface area (Å²) in [5.74, 6) is -1.55. The minimum Gasteiger partial charge on any atom is -0.506 e. The van der Waals surface area contributed by atoms with Crippen LogP contribution >= 0.6 is 0 Å². The molecule has 1 saturated heterocycles. The number of benzene rings is 2. The standard InChI is InChI=1S/C25H27NO7/c1-5-6-13-26-22(16-9-7-10-17(14-16)33-15(2)27)21(24(29)25(26)30)23(28)20-18(31-3)11-8-12-19(20)32-4/h7-12,14,22,28H,5-6,13H2,1-4H3/b23-21+. The predicted molar refractivity (Wildman–Crippen MR) is 121 cm³/mol. The van der Waals surface area contributed by atoms with E-state index in [0.717, 1.165) is 6.42 Å². The van der Waals surface area contributed by atoms with Crippen LogP contribution in [0.25, 0.3) is 5.76 Å². The molecule has 174 valence electrons. The molecule has 3 rings (SSSR count). The van der Waals surface area contributed by atoms with E-state index in [9.17, 15) is 19.5 Å². The maximum Gasteiger partial charge on any atom is 0.308 e. The minimum absolute atomic E-state index is 0.0844. The lowest BCUT2D eigenvalue weighted by Crippen LogP contribution is -2.30. The first-order chi connectivity index (χ1) is 15.8. The Kier molecular flexibility index (Phi) is 7.37. The van der Waals surface area contributed by atoms with Gasteiger partial charge in [0.15, 0.2) is 0 Å². The number of aliphatic hydroxyl groups excluding tert-OH is 1. The Balaban J connectivity index is 2.25. The number of Topliss-reactive ketones (excluding diaryl/α,β-unsaturated/α-hetero) is 1. The van der Waals surface area contributed by atoms with Crippen molar-refractivity contribution in [2.75, 3.05) is 20.8 Å². The van der Waals surface area contributed by atoms with Crippen molar-refractivity contribution >= 4 is 23.4 Å². The van der Waals surface area contributed by atoms with E-state index in [1.807, 2.05) is 6.92 Å². The van der Waals surface area contributed by atoms with Crippen molar-refractivity contribution in [2.45, 2.75) is 32.7 Å². The monoisotopic (exact) mass is 453 g/mol. The number of nitrogens with zero attached hydrogens (tertiary/aromatic N) is 1. The smallest absolute Gasteiger partial charge is 0.308 e. The summed E-state index contributed by atoms with van der Waals surface area (Å²) in [6, 6.07) is 10.6. The Hall–Kier alpha value is -3.81. The fourth-order valence-electron chi connectivity index (χ4n) is 3.92. The van der Waals surface area contributed by atoms with Gasteiger partial charge in [0.1, 0.15) is 28.6 Å². The van der Waals surface area contributed by atoms with Gasteiger partial charge < -0.3 is 24.2 Å². The number of carbonyl (C=O) groups is 3. The minimum atomic E-state index is -0.873. The van der Waals surface area contributed by atoms with Crippen molar-refractivity contribution in [1.29, 1.82) is 0 Å². The topological polar surface area (TPSA) is 102 Å². The lowest BCUT2D eigenvalue weighted by molar-refractivity contribution is -0.139. The van der Waals surface area contributed by atoms with E-state index in [1.165, 1.54) is 26.0 Å². The van der Waals surface area contributed by atoms with Gasteiger partial charge in [-0.3, -0.25) is 14.4 Å². The molecule has 0 aliphatic carbocycles. The molecule has 8 heteroatoms. The van der Waals surface area contributed by atoms with Gasteiger partial charge in [-0.1, -0.05) is 31.5 Å². The highest BCUT2D eigenvalue weighted by molar-refractivity contribution is 6.46. The molecule has 1 amide bonds. The van der Waals surface area contributed by atoms with Crippen LogP contribution in [0.5, 0.6) is 17.2 Å². The van der Waals surface area contributed by atoms with E-state index >= 15 is 0 Å². The van der Waals surface area contributed by atoms with E-state index < -0.39 is 29.5 Å². The molecule has 0 bridgehead atoms. The average Bonchev–Trinajstić information content (AvgIpc) is 3.06. The molecule has 2 aromatic carbocycles. The summed E-state index contributed by atoms with van der Waals surface area (Å²) < 4.78 is 16.0. The molecular formula is C25H27NO7. The SMILES string of the molecule is CCCCN1C(=O)C(=O)/C(=C(/O)c2c(OC)cccc2OC)C1c1cccc(OC(C)=O)c1. The molecule has 8 nitrogen and oxygen atoms in total. The molecule has 1 aliphatic rings. The number of aliphatic hydroxyl groups is 1. The molecule has 0 saturated carbocycles. The largest absolute Gasteiger partial charge is 0.506 e. The zero-order valence-electron chi connectivity index (χ0n) is 19.1. The lowest BCUT2D eigenvalue weighted by atomic mass is 9.94. The van der Waals surface area contributed by atoms with Gasteiger partial charge in [0.2, 0.25) is 0 Å². The average molecular weight is 453 g/mol. The molecule has 0 radical (unpaired) electrons. The Morgan fingerprint density at radius 2 is 1.70 bits per heavy atom. The number of ether oxygens (including phenoxy) is 3. The van der Waals surface area contributed by atoms with Crippen LogP contribution in [0.4, 0.5) is 0 Å². The Labute approximate surface area is 192 Å². The number of likely N-dealkylation sites (tertiary alicyclic amines) is 1. The molecule has 33 heavy (non-hydrogen) atoms. The summed E-state index contributed by atoms with van der Waals surface area (Å²) >= 11 is 0. The van der Waals surface area contributed by atoms with Crippen molar-refractivity contribution in [1.82, 2.24) is 4.90 Å². The highest BCUT2D eigenvalue weighted by Gasteiger charge is 2.46. The number of hydrogen-bond donors (Lipinski definition) is 1. The van der Waals surface area contributed by atoms with Crippen molar-refractivity contribution in [3.8, 4) is 17.2 Å². The van der Waals surface area contributed by atoms with Crippen molar-refractivity contribution in [3.05, 3.63) is 59.2 Å². The Bertz CT molecular complexity index is 1080. The molecule has 1 unspecified atom stereocenters. The van der Waals surface area contributed by atoms with Gasteiger partial charge in [-0.2, -0.15) is 0 Å². The number of carbonyl (C=O) groups excluding carboxylic acids is 3. The van der Waals surface area contributed by atoms with E-state index in [2.05, 4.69) is 0 Å². The third kappa shape index (κ3) is 4.69. The maximum atomic E-state index is 13.2. The summed E-state index contributed by atoms with van der Waals surface area (Å²) in [7, 11) is 2.87. The first-order valence-corrected chi connectivity index (χ1v) is 10.6. The number of ketones is 1. The number of unbranched alkanes of at least 4 members (excludes halogenated alkanes) is 1. The van der Waals surface area contributed by atoms with Gasteiger partial charge in [0.05, 0.1) is 25.8 Å². The number of amides is 1. The van der Waals surface area contributed by atoms with Gasteiger partial charge in [-0.05, 0) is 36.2 Å². The zero-order chi connectivity index (χ0) is 24.1. The number of rotatable bonds is 8. The Morgan fingerprint density at radius 3 is 2.27 bits per heavy atom. The van der Waals surface area contributed by atoms with Gasteiger partial charge >= 0.3 is 5.97 Å². The van der Waals surface area contributed by atoms with Crippen molar-refractivity contribution in [3.63, 3.8) is 0 Å². The molecule has 2 aromatic rings. The van der Waals surface area contributed by atoms with E-state index in [-0.39, 0.29) is 16.9 Å². The van der Waals surface area contributed by atoms with Crippen LogP contribution in [0, 0.1) is 0 Å². The molecule has 0 aromatic heterocycles. The first-order valence-electron chi connectivity index (χ1n) is 10.6. The van der Waals surface area contributed by atoms with Crippen LogP contribution in [0.1, 0.15) is 43.9 Å². The van der Waals surface area contributed by atoms with Crippen LogP contribution in [0.15, 0.2) is 48.0 Å². The quantitative estimate of drug-likeness (QED) is 0.213. The summed E-state index contributed by atoms with van der Waals surface area (Å²) in [6.07, 6.45) is 1.48. The third-order valence-electron chi connectivity index (χ3n) is 5.39. The molecular weight excluding hydrogens is 426 g/mol. The zero-order valence-corrected chi connectivity index (χ0v) is 19.1. The maximum absolute atomic E-state index is 13.2. The van der Waals surface area contributed by atoms with Crippen molar-refractivity contribution < 1.29 is 33.7 Å². The van der Waals surface area contributed by atoms with E-state index in [0.29, 0.717) is 30.0 Å². The highest BCUT2D eigenvalue weighted by atomic mass is 16.5. The van der Waals surface area contributed by atoms with Crippen LogP contribution in [-0.2, 0) is 14.4 Å². The van der Waals surface area contributed by atoms with Gasteiger partial charge in [-0.25, -0.2) is 0 Å². The van der Waals surface area contributed by atoms with Crippen LogP contribution in [-0.4, -0.2) is 48.4 Å². The third-order valence-corrected chi connectivity index (χ3v) is 5.39. The summed E-state index contributed by atoms with van der Waals surface area (Å²) in [5.41, 5.74) is 0.621. The molecule has 1 N–H and O–H groups in total. The summed E-state index contributed by atoms with van der Waals surface area (Å²) in [6.45, 7) is 3.59. The van der Waals surface area contributed by atoms with Crippen LogP contribution < -0.4 is 14.2 Å². The number of hydrogen-bond acceptors (Lipinski definition) is 7. The molecule has 1 fully saturated rings. The predicted octanol–water partition coefficient (Wildman–Crippen LogP) is 3.85. The van der Waals surface area contributed by atoms with Gasteiger partial charge in [-0.15, -0.1) is 0 Å². The van der Waals surface area contributed by atoms with Gasteiger partial charge in [0, 0.05) is 13.5 Å². The summed E-state index contributed by atoms with van der Waals surface area (Å²) in [4.78, 5) is 39.0. The lowest BCUT2D eigenvalue weighted by Gasteiger charge is -2.25. The molecule has 1 atom stereocenters. The second kappa shape index (κ2) is 10.2. The fraction of sp³-hybridized carbons (Fsp3) is 0.320. The molecule has 1 heterocycles. The number of esters is 1. The first kappa shape index (κ1) is 23.8. The van der Waals surface area contributed by atoms with Crippen LogP contribution in [0.2, 0.25) is 0 Å². The normalized spacial score (nSPS) is 17.2. The molecule has 0 spiro atoms. The van der Waals surface area contributed by atoms with E-state index in [4.69, 9.17) is 14.2 Å². The van der Waals surface area contributed by atoms with E-state index in [1.54, 1.807) is 42.5 Å². The fourth-order valence-corrected chi connectivity index (χ4v) is 3.92. The summed E-state index contributed by atoms with van der Waals surface area (Å²) in [5, 5.41) is 11.4. The van der Waals surface area contributed by atoms with Gasteiger partial charge in [0.25, 0.3) is 11.7 Å². The molecule has 1 aliphatic heterocycles. The van der Waals surface area contributed by atoms with Crippen molar-refractivity contribution in [2.24, 2.45) is 0 Å². The second-order valence-corrected chi connectivity index (χ2v) is 7.55. The highest BCUT2D eigenvalue weighted by Crippen LogP contribution is 2.43. The second-order valence-electron chi connectivity index (χ2n) is 7.55. The van der Waals surface area contributed by atoms with Crippen LogP contribution in [0.3, 0.4) is 0 Å².